The Morgan fingerprint density at radius 3 is 2.27 bits per heavy atom. The standard InChI is InChI=1S/C12H21NOSi/c1-5-13(6-2)14-11-7-8-12(15)10(4)9(11)3/h7-8H,5-6H2,1-4,15H3. The van der Waals surface area contributed by atoms with Crippen molar-refractivity contribution in [1.82, 2.24) is 5.06 Å². The quantitative estimate of drug-likeness (QED) is 0.556. The van der Waals surface area contributed by atoms with Gasteiger partial charge in [0.2, 0.25) is 0 Å². The minimum absolute atomic E-state index is 0.914. The molecule has 0 aromatic heterocycles. The Morgan fingerprint density at radius 2 is 1.73 bits per heavy atom. The Bertz CT molecular complexity index is 335. The van der Waals surface area contributed by atoms with E-state index in [1.165, 1.54) is 16.3 Å². The van der Waals surface area contributed by atoms with Gasteiger partial charge in [0, 0.05) is 23.3 Å². The lowest BCUT2D eigenvalue weighted by Crippen LogP contribution is -2.27. The first kappa shape index (κ1) is 12.3. The van der Waals surface area contributed by atoms with Gasteiger partial charge in [-0.3, -0.25) is 0 Å². The van der Waals surface area contributed by atoms with Crippen LogP contribution in [0.1, 0.15) is 25.0 Å². The molecule has 0 radical (unpaired) electrons. The molecule has 3 heteroatoms. The van der Waals surface area contributed by atoms with E-state index >= 15 is 0 Å². The summed E-state index contributed by atoms with van der Waals surface area (Å²) in [6.45, 7) is 10.3. The van der Waals surface area contributed by atoms with Crippen LogP contribution in [0.5, 0.6) is 5.75 Å². The van der Waals surface area contributed by atoms with Crippen LogP contribution in [0.3, 0.4) is 0 Å². The fourth-order valence-corrected chi connectivity index (χ4v) is 2.06. The molecule has 15 heavy (non-hydrogen) atoms. The van der Waals surface area contributed by atoms with E-state index in [0.29, 0.717) is 0 Å². The summed E-state index contributed by atoms with van der Waals surface area (Å²) in [6.07, 6.45) is 0. The van der Waals surface area contributed by atoms with Gasteiger partial charge >= 0.3 is 0 Å². The van der Waals surface area contributed by atoms with Gasteiger partial charge in [0.15, 0.2) is 5.75 Å². The molecule has 0 amide bonds. The number of benzene rings is 1. The fourth-order valence-electron chi connectivity index (χ4n) is 1.52. The molecule has 84 valence electrons. The second kappa shape index (κ2) is 5.33. The lowest BCUT2D eigenvalue weighted by molar-refractivity contribution is -0.0493. The molecule has 0 fully saturated rings. The Labute approximate surface area is 95.6 Å². The van der Waals surface area contributed by atoms with Crippen LogP contribution in [0.4, 0.5) is 0 Å². The number of hydrogen-bond donors (Lipinski definition) is 0. The second-order valence-electron chi connectivity index (χ2n) is 3.84. The monoisotopic (exact) mass is 223 g/mol. The summed E-state index contributed by atoms with van der Waals surface area (Å²) >= 11 is 0. The van der Waals surface area contributed by atoms with E-state index in [1.807, 2.05) is 5.06 Å². The van der Waals surface area contributed by atoms with Crippen LogP contribution in [0.25, 0.3) is 0 Å². The molecule has 0 aliphatic rings. The Hall–Kier alpha value is -0.803. The number of nitrogens with zero attached hydrogens (tertiary/aromatic N) is 1. The van der Waals surface area contributed by atoms with Crippen LogP contribution < -0.4 is 10.0 Å². The van der Waals surface area contributed by atoms with E-state index in [-0.39, 0.29) is 0 Å². The van der Waals surface area contributed by atoms with Gasteiger partial charge in [-0.2, -0.15) is 0 Å². The van der Waals surface area contributed by atoms with Crippen molar-refractivity contribution in [2.45, 2.75) is 27.7 Å². The van der Waals surface area contributed by atoms with Crippen molar-refractivity contribution in [1.29, 1.82) is 0 Å². The van der Waals surface area contributed by atoms with Crippen molar-refractivity contribution < 1.29 is 4.84 Å². The highest BCUT2D eigenvalue weighted by atomic mass is 28.1. The van der Waals surface area contributed by atoms with E-state index in [2.05, 4.69) is 39.8 Å². The van der Waals surface area contributed by atoms with E-state index in [4.69, 9.17) is 4.84 Å². The molecule has 1 aromatic carbocycles. The maximum Gasteiger partial charge on any atom is 0.150 e. The largest absolute Gasteiger partial charge is 0.406 e. The third-order valence-corrected chi connectivity index (χ3v) is 4.02. The Kier molecular flexibility index (Phi) is 4.36. The van der Waals surface area contributed by atoms with E-state index in [0.717, 1.165) is 29.1 Å². The summed E-state index contributed by atoms with van der Waals surface area (Å²) in [5, 5.41) is 3.42. The van der Waals surface area contributed by atoms with Crippen LogP contribution in [-0.4, -0.2) is 28.4 Å². The van der Waals surface area contributed by atoms with Crippen molar-refractivity contribution in [2.24, 2.45) is 0 Å². The first-order valence-corrected chi connectivity index (χ1v) is 6.59. The number of hydrogen-bond acceptors (Lipinski definition) is 2. The molecule has 0 unspecified atom stereocenters. The summed E-state index contributed by atoms with van der Waals surface area (Å²) in [4.78, 5) is 5.83. The van der Waals surface area contributed by atoms with Crippen molar-refractivity contribution in [3.05, 3.63) is 23.3 Å². The predicted octanol–water partition coefficient (Wildman–Crippen LogP) is 0.930. The van der Waals surface area contributed by atoms with Crippen LogP contribution in [0.15, 0.2) is 12.1 Å². The molecule has 0 N–H and O–H groups in total. The SMILES string of the molecule is CCN(CC)Oc1ccc([SiH3])c(C)c1C. The van der Waals surface area contributed by atoms with E-state index in [9.17, 15) is 0 Å². The molecule has 0 saturated heterocycles. The molecule has 0 heterocycles. The molecular weight excluding hydrogens is 202 g/mol. The molecule has 0 spiro atoms. The molecule has 0 aliphatic carbocycles. The maximum atomic E-state index is 5.83. The van der Waals surface area contributed by atoms with Crippen molar-refractivity contribution in [3.63, 3.8) is 0 Å². The van der Waals surface area contributed by atoms with E-state index in [1.54, 1.807) is 0 Å². The van der Waals surface area contributed by atoms with E-state index < -0.39 is 0 Å². The first-order chi connectivity index (χ1) is 7.10. The molecule has 1 rings (SSSR count). The van der Waals surface area contributed by atoms with Crippen molar-refractivity contribution in [3.8, 4) is 5.75 Å². The average molecular weight is 223 g/mol. The minimum atomic E-state index is 0.914. The highest BCUT2D eigenvalue weighted by molar-refractivity contribution is 6.33. The summed E-state index contributed by atoms with van der Waals surface area (Å²) in [7, 11) is 1.10. The highest BCUT2D eigenvalue weighted by Gasteiger charge is 2.07. The van der Waals surface area contributed by atoms with Crippen LogP contribution in [0, 0.1) is 13.8 Å². The summed E-state index contributed by atoms with van der Waals surface area (Å²) in [6, 6.07) is 4.26. The smallest absolute Gasteiger partial charge is 0.150 e. The van der Waals surface area contributed by atoms with Crippen LogP contribution >= 0.6 is 0 Å². The third kappa shape index (κ3) is 2.83. The molecule has 2 nitrogen and oxygen atoms in total. The van der Waals surface area contributed by atoms with Crippen molar-refractivity contribution in [2.75, 3.05) is 13.1 Å². The highest BCUT2D eigenvalue weighted by Crippen LogP contribution is 2.19. The van der Waals surface area contributed by atoms with Gasteiger partial charge < -0.3 is 4.84 Å². The fraction of sp³-hybridized carbons (Fsp3) is 0.500. The summed E-state index contributed by atoms with van der Waals surface area (Å²) in [5.41, 5.74) is 2.65. The van der Waals surface area contributed by atoms with Gasteiger partial charge in [-0.15, -0.1) is 5.06 Å². The molecule has 0 aliphatic heterocycles. The minimum Gasteiger partial charge on any atom is -0.406 e. The van der Waals surface area contributed by atoms with Crippen LogP contribution in [0.2, 0.25) is 0 Å². The van der Waals surface area contributed by atoms with Crippen molar-refractivity contribution >= 4 is 15.4 Å². The third-order valence-electron chi connectivity index (χ3n) is 2.94. The number of rotatable bonds is 4. The zero-order valence-corrected chi connectivity index (χ0v) is 12.4. The van der Waals surface area contributed by atoms with Gasteiger partial charge in [-0.05, 0) is 44.9 Å². The molecular formula is C12H21NOSi. The average Bonchev–Trinajstić information content (AvgIpc) is 2.25. The molecule has 0 atom stereocenters. The second-order valence-corrected chi connectivity index (χ2v) is 4.91. The summed E-state index contributed by atoms with van der Waals surface area (Å²) < 4.78 is 0. The zero-order valence-electron chi connectivity index (χ0n) is 10.4. The lowest BCUT2D eigenvalue weighted by atomic mass is 10.1. The van der Waals surface area contributed by atoms with Gasteiger partial charge in [0.1, 0.15) is 0 Å². The number of hydroxylamine groups is 2. The lowest BCUT2D eigenvalue weighted by Gasteiger charge is -2.21. The predicted molar refractivity (Wildman–Crippen MR) is 69.0 cm³/mol. The topological polar surface area (TPSA) is 12.5 Å². The van der Waals surface area contributed by atoms with Crippen LogP contribution in [-0.2, 0) is 0 Å². The molecule has 0 bridgehead atoms. The van der Waals surface area contributed by atoms with Gasteiger partial charge in [0.05, 0.1) is 0 Å². The maximum absolute atomic E-state index is 5.83. The normalized spacial score (nSPS) is 11.0. The first-order valence-electron chi connectivity index (χ1n) is 5.59. The van der Waals surface area contributed by atoms with Gasteiger partial charge in [-0.25, -0.2) is 0 Å². The Balaban J connectivity index is 2.91. The van der Waals surface area contributed by atoms with Gasteiger partial charge in [0.25, 0.3) is 0 Å². The molecule has 1 aromatic rings. The summed E-state index contributed by atoms with van der Waals surface area (Å²) in [5.74, 6) is 0.996. The Morgan fingerprint density at radius 1 is 1.13 bits per heavy atom. The molecule has 0 saturated carbocycles. The zero-order chi connectivity index (χ0) is 11.4. The van der Waals surface area contributed by atoms with Gasteiger partial charge in [-0.1, -0.05) is 11.3 Å².